The van der Waals surface area contributed by atoms with Crippen LogP contribution in [-0.4, -0.2) is 35.3 Å². The van der Waals surface area contributed by atoms with E-state index in [1.54, 1.807) is 11.4 Å². The number of benzene rings is 1. The van der Waals surface area contributed by atoms with Gasteiger partial charge in [-0.2, -0.15) is 0 Å². The summed E-state index contributed by atoms with van der Waals surface area (Å²) in [5, 5.41) is 17.8. The third kappa shape index (κ3) is 5.50. The fourth-order valence-electron chi connectivity index (χ4n) is 3.28. The maximum absolute atomic E-state index is 12.5. The average molecular weight is 420 g/mol. The van der Waals surface area contributed by atoms with Gasteiger partial charge < -0.3 is 20.5 Å². The molecule has 28 heavy (non-hydrogen) atoms. The van der Waals surface area contributed by atoms with Gasteiger partial charge in [0.25, 0.3) is 11.8 Å². The van der Waals surface area contributed by atoms with Gasteiger partial charge in [-0.3, -0.25) is 9.59 Å². The molecule has 0 unspecified atom stereocenters. The van der Waals surface area contributed by atoms with Gasteiger partial charge in [-0.15, -0.1) is 11.3 Å². The summed E-state index contributed by atoms with van der Waals surface area (Å²) in [6.45, 7) is 0.248. The minimum Gasteiger partial charge on any atom is -0.388 e. The molecule has 1 fully saturated rings. The lowest BCUT2D eigenvalue weighted by Crippen LogP contribution is -2.44. The summed E-state index contributed by atoms with van der Waals surface area (Å²) in [5.41, 5.74) is 1.22. The summed E-state index contributed by atoms with van der Waals surface area (Å²) in [6, 6.07) is 9.03. The van der Waals surface area contributed by atoms with Gasteiger partial charge in [-0.1, -0.05) is 37.3 Å². The first-order chi connectivity index (χ1) is 13.5. The first-order valence-corrected chi connectivity index (χ1v) is 11.4. The van der Waals surface area contributed by atoms with E-state index >= 15 is 0 Å². The first-order valence-electron chi connectivity index (χ1n) is 9.29. The van der Waals surface area contributed by atoms with E-state index in [0.717, 1.165) is 37.8 Å². The lowest BCUT2D eigenvalue weighted by molar-refractivity contribution is 0.00526. The van der Waals surface area contributed by atoms with Crippen LogP contribution >= 0.6 is 23.3 Å². The van der Waals surface area contributed by atoms with Crippen LogP contribution in [0.25, 0.3) is 0 Å². The van der Waals surface area contributed by atoms with Gasteiger partial charge in [-0.05, 0) is 37.1 Å². The van der Waals surface area contributed by atoms with E-state index in [1.165, 1.54) is 23.3 Å². The second kappa shape index (κ2) is 9.45. The zero-order chi connectivity index (χ0) is 20.0. The highest BCUT2D eigenvalue weighted by Crippen LogP contribution is 2.27. The predicted octanol–water partition coefficient (Wildman–Crippen LogP) is 4.12. The fourth-order valence-corrected chi connectivity index (χ4v) is 4.42. The average Bonchev–Trinajstić information content (AvgIpc) is 3.18. The molecule has 6 nitrogen and oxygen atoms in total. The largest absolute Gasteiger partial charge is 0.388 e. The maximum atomic E-state index is 12.5. The van der Waals surface area contributed by atoms with Crippen molar-refractivity contribution in [2.75, 3.05) is 22.8 Å². The molecule has 0 bridgehead atoms. The van der Waals surface area contributed by atoms with Crippen molar-refractivity contribution in [1.82, 2.24) is 5.32 Å². The van der Waals surface area contributed by atoms with Crippen LogP contribution in [0.4, 0.5) is 11.4 Å². The highest BCUT2D eigenvalue weighted by molar-refractivity contribution is 7.99. The summed E-state index contributed by atoms with van der Waals surface area (Å²) in [5.74, 6) is -0.517. The monoisotopic (exact) mass is 419 g/mol. The van der Waals surface area contributed by atoms with E-state index in [-0.39, 0.29) is 18.4 Å². The molecular formula is C20H25N3O3S2. The maximum Gasteiger partial charge on any atom is 0.265 e. The number of anilines is 2. The van der Waals surface area contributed by atoms with Crippen LogP contribution in [0.1, 0.15) is 52.1 Å². The molecule has 1 heterocycles. The van der Waals surface area contributed by atoms with Crippen molar-refractivity contribution in [2.24, 2.45) is 0 Å². The van der Waals surface area contributed by atoms with Crippen molar-refractivity contribution in [1.29, 1.82) is 0 Å². The van der Waals surface area contributed by atoms with Crippen LogP contribution < -0.4 is 15.4 Å². The molecule has 8 heteroatoms. The van der Waals surface area contributed by atoms with Crippen LogP contribution in [0.3, 0.4) is 0 Å². The molecule has 0 spiro atoms. The number of carbonyl (C=O) groups excluding carboxylic acids is 2. The number of thiophene rings is 1. The Morgan fingerprint density at radius 2 is 1.89 bits per heavy atom. The Hall–Kier alpha value is -2.03. The summed E-state index contributed by atoms with van der Waals surface area (Å²) in [7, 11) is 0. The van der Waals surface area contributed by atoms with Gasteiger partial charge in [0.1, 0.15) is 0 Å². The number of amides is 2. The fraction of sp³-hybridized carbons (Fsp3) is 0.400. The Morgan fingerprint density at radius 3 is 2.64 bits per heavy atom. The second-order valence-corrected chi connectivity index (χ2v) is 8.53. The number of carbonyl (C=O) groups is 2. The summed E-state index contributed by atoms with van der Waals surface area (Å²) in [6.07, 6.45) is 6.47. The summed E-state index contributed by atoms with van der Waals surface area (Å²) in [4.78, 5) is 25.3. The van der Waals surface area contributed by atoms with Crippen molar-refractivity contribution in [2.45, 2.75) is 37.7 Å². The highest BCUT2D eigenvalue weighted by Gasteiger charge is 2.29. The Kier molecular flexibility index (Phi) is 6.98. The molecule has 150 valence electrons. The van der Waals surface area contributed by atoms with Crippen molar-refractivity contribution in [3.05, 3.63) is 46.2 Å². The molecule has 1 aliphatic rings. The molecule has 0 saturated heterocycles. The number of nitrogens with one attached hydrogen (secondary N) is 3. The number of hydrogen-bond acceptors (Lipinski definition) is 6. The van der Waals surface area contributed by atoms with Gasteiger partial charge in [0.05, 0.1) is 16.0 Å². The van der Waals surface area contributed by atoms with Crippen LogP contribution in [0.15, 0.2) is 35.7 Å². The van der Waals surface area contributed by atoms with Crippen molar-refractivity contribution in [3.8, 4) is 0 Å². The molecule has 0 atom stereocenters. The van der Waals surface area contributed by atoms with Crippen molar-refractivity contribution in [3.63, 3.8) is 0 Å². The molecule has 3 rings (SSSR count). The van der Waals surface area contributed by atoms with E-state index < -0.39 is 5.60 Å². The molecule has 4 N–H and O–H groups in total. The third-order valence-electron chi connectivity index (χ3n) is 4.79. The third-order valence-corrected chi connectivity index (χ3v) is 6.16. The van der Waals surface area contributed by atoms with Gasteiger partial charge in [0, 0.05) is 29.6 Å². The molecule has 1 saturated carbocycles. The lowest BCUT2D eigenvalue weighted by atomic mass is 9.85. The Balaban J connectivity index is 1.57. The normalized spacial score (nSPS) is 15.6. The van der Waals surface area contributed by atoms with Gasteiger partial charge >= 0.3 is 0 Å². The van der Waals surface area contributed by atoms with Gasteiger partial charge in [0.2, 0.25) is 0 Å². The van der Waals surface area contributed by atoms with Gasteiger partial charge in [-0.25, -0.2) is 0 Å². The standard InChI is InChI=1S/C20H25N3O3S2/c1-27-23-16-7-5-6-15(11-16)22-19(25)17-10-14(12-28-17)18(24)21-13-20(26)8-3-2-4-9-20/h5-7,10-12,23,26H,2-4,8-9,13H2,1H3,(H,21,24)(H,22,25). The number of hydrogen-bond donors (Lipinski definition) is 4. The number of rotatable bonds is 7. The topological polar surface area (TPSA) is 90.5 Å². The summed E-state index contributed by atoms with van der Waals surface area (Å²) >= 11 is 2.70. The Labute approximate surface area is 173 Å². The van der Waals surface area contributed by atoms with Crippen LogP contribution in [0.2, 0.25) is 0 Å². The SMILES string of the molecule is CSNc1cccc(NC(=O)c2cc(C(=O)NCC3(O)CCCCC3)cs2)c1. The smallest absolute Gasteiger partial charge is 0.265 e. The molecule has 0 aliphatic heterocycles. The molecule has 1 aromatic carbocycles. The van der Waals surface area contributed by atoms with Crippen molar-refractivity contribution < 1.29 is 14.7 Å². The van der Waals surface area contributed by atoms with E-state index in [2.05, 4.69) is 15.4 Å². The van der Waals surface area contributed by atoms with E-state index in [4.69, 9.17) is 0 Å². The first kappa shape index (κ1) is 20.7. The predicted molar refractivity (Wildman–Crippen MR) is 116 cm³/mol. The Morgan fingerprint density at radius 1 is 1.14 bits per heavy atom. The molecule has 0 radical (unpaired) electrons. The molecule has 1 aliphatic carbocycles. The second-order valence-electron chi connectivity index (χ2n) is 7.01. The zero-order valence-electron chi connectivity index (χ0n) is 15.8. The van der Waals surface area contributed by atoms with Crippen LogP contribution in [0.5, 0.6) is 0 Å². The Bertz CT molecular complexity index is 832. The van der Waals surface area contributed by atoms with Crippen molar-refractivity contribution >= 4 is 46.5 Å². The quantitative estimate of drug-likeness (QED) is 0.507. The van der Waals surface area contributed by atoms with E-state index in [1.807, 2.05) is 30.5 Å². The summed E-state index contributed by atoms with van der Waals surface area (Å²) < 4.78 is 3.12. The van der Waals surface area contributed by atoms with Gasteiger partial charge in [0.15, 0.2) is 0 Å². The highest BCUT2D eigenvalue weighted by atomic mass is 32.2. The molecule has 2 amide bonds. The molecular weight excluding hydrogens is 394 g/mol. The lowest BCUT2D eigenvalue weighted by Gasteiger charge is -2.32. The zero-order valence-corrected chi connectivity index (χ0v) is 17.4. The minimum absolute atomic E-state index is 0.248. The van der Waals surface area contributed by atoms with E-state index in [0.29, 0.717) is 16.1 Å². The minimum atomic E-state index is -0.806. The number of aliphatic hydroxyl groups is 1. The van der Waals surface area contributed by atoms with E-state index in [9.17, 15) is 14.7 Å². The van der Waals surface area contributed by atoms with Crippen LogP contribution in [0, 0.1) is 0 Å². The molecule has 1 aromatic heterocycles. The molecule has 2 aromatic rings. The van der Waals surface area contributed by atoms with Crippen LogP contribution in [-0.2, 0) is 0 Å².